The van der Waals surface area contributed by atoms with Crippen molar-refractivity contribution >= 4 is 0 Å². The Morgan fingerprint density at radius 3 is 2.87 bits per heavy atom. The number of aromatic nitrogens is 2. The van der Waals surface area contributed by atoms with Crippen LogP contribution in [0.3, 0.4) is 0 Å². The third kappa shape index (κ3) is 2.01. The standard InChI is InChI=1S/C12H14N2O/c1-2-5-9-8-11(14-13-9)10-6-3-4-7-12(10)15/h3-4,6-8,15H,2,5H2,1H3,(H,13,14). The summed E-state index contributed by atoms with van der Waals surface area (Å²) in [6, 6.07) is 9.21. The highest BCUT2D eigenvalue weighted by Gasteiger charge is 2.06. The number of aryl methyl sites for hydroxylation is 1. The van der Waals surface area contributed by atoms with Crippen LogP contribution >= 0.6 is 0 Å². The zero-order valence-corrected chi connectivity index (χ0v) is 8.70. The molecule has 0 aliphatic carbocycles. The van der Waals surface area contributed by atoms with Gasteiger partial charge in [-0.1, -0.05) is 25.5 Å². The molecule has 2 aromatic rings. The van der Waals surface area contributed by atoms with Gasteiger partial charge in [0.2, 0.25) is 0 Å². The lowest BCUT2D eigenvalue weighted by Crippen LogP contribution is -1.80. The number of hydrogen-bond donors (Lipinski definition) is 2. The minimum Gasteiger partial charge on any atom is -0.507 e. The van der Waals surface area contributed by atoms with E-state index >= 15 is 0 Å². The van der Waals surface area contributed by atoms with E-state index in [0.29, 0.717) is 0 Å². The number of rotatable bonds is 3. The molecule has 0 radical (unpaired) electrons. The molecule has 3 nitrogen and oxygen atoms in total. The molecule has 0 spiro atoms. The highest BCUT2D eigenvalue weighted by molar-refractivity contribution is 5.66. The van der Waals surface area contributed by atoms with Crippen molar-refractivity contribution in [1.29, 1.82) is 0 Å². The van der Waals surface area contributed by atoms with E-state index < -0.39 is 0 Å². The number of phenols is 1. The molecule has 0 unspecified atom stereocenters. The highest BCUT2D eigenvalue weighted by Crippen LogP contribution is 2.27. The van der Waals surface area contributed by atoms with Crippen LogP contribution in [0.15, 0.2) is 30.3 Å². The molecule has 0 fully saturated rings. The van der Waals surface area contributed by atoms with Gasteiger partial charge in [0, 0.05) is 11.3 Å². The fourth-order valence-electron chi connectivity index (χ4n) is 1.59. The molecule has 0 bridgehead atoms. The van der Waals surface area contributed by atoms with Gasteiger partial charge < -0.3 is 5.11 Å². The van der Waals surface area contributed by atoms with Gasteiger partial charge in [0.15, 0.2) is 0 Å². The van der Waals surface area contributed by atoms with E-state index in [2.05, 4.69) is 17.1 Å². The summed E-state index contributed by atoms with van der Waals surface area (Å²) in [7, 11) is 0. The first-order chi connectivity index (χ1) is 7.31. The van der Waals surface area contributed by atoms with E-state index in [9.17, 15) is 5.11 Å². The summed E-state index contributed by atoms with van der Waals surface area (Å²) >= 11 is 0. The van der Waals surface area contributed by atoms with Gasteiger partial charge in [-0.15, -0.1) is 0 Å². The molecule has 0 atom stereocenters. The Kier molecular flexibility index (Phi) is 2.72. The third-order valence-corrected chi connectivity index (χ3v) is 2.33. The van der Waals surface area contributed by atoms with Crippen LogP contribution in [0, 0.1) is 0 Å². The lowest BCUT2D eigenvalue weighted by Gasteiger charge is -1.98. The largest absolute Gasteiger partial charge is 0.507 e. The number of benzene rings is 1. The van der Waals surface area contributed by atoms with Crippen LogP contribution in [0.5, 0.6) is 5.75 Å². The second-order valence-corrected chi connectivity index (χ2v) is 3.55. The summed E-state index contributed by atoms with van der Waals surface area (Å²) < 4.78 is 0. The number of H-pyrrole nitrogens is 1. The third-order valence-electron chi connectivity index (χ3n) is 2.33. The van der Waals surface area contributed by atoms with Crippen molar-refractivity contribution in [3.05, 3.63) is 36.0 Å². The van der Waals surface area contributed by atoms with Crippen molar-refractivity contribution in [1.82, 2.24) is 10.2 Å². The fraction of sp³-hybridized carbons (Fsp3) is 0.250. The lowest BCUT2D eigenvalue weighted by molar-refractivity contribution is 0.477. The monoisotopic (exact) mass is 202 g/mol. The quantitative estimate of drug-likeness (QED) is 0.804. The summed E-state index contributed by atoms with van der Waals surface area (Å²) in [5.74, 6) is 0.270. The number of aromatic amines is 1. The first-order valence-electron chi connectivity index (χ1n) is 5.14. The average molecular weight is 202 g/mol. The van der Waals surface area contributed by atoms with Gasteiger partial charge in [0.25, 0.3) is 0 Å². The number of para-hydroxylation sites is 1. The first kappa shape index (κ1) is 9.77. The van der Waals surface area contributed by atoms with E-state index in [1.54, 1.807) is 12.1 Å². The molecule has 1 heterocycles. The summed E-state index contributed by atoms with van der Waals surface area (Å²) in [5, 5.41) is 16.8. The molecule has 0 saturated carbocycles. The maximum atomic E-state index is 9.65. The molecule has 0 saturated heterocycles. The maximum absolute atomic E-state index is 9.65. The van der Waals surface area contributed by atoms with Gasteiger partial charge in [-0.05, 0) is 24.6 Å². The van der Waals surface area contributed by atoms with E-state index in [-0.39, 0.29) is 5.75 Å². The van der Waals surface area contributed by atoms with Crippen LogP contribution in [0.2, 0.25) is 0 Å². The van der Waals surface area contributed by atoms with Crippen LogP contribution in [0.4, 0.5) is 0 Å². The summed E-state index contributed by atoms with van der Waals surface area (Å²) in [5.41, 5.74) is 2.68. The van der Waals surface area contributed by atoms with Crippen molar-refractivity contribution in [2.24, 2.45) is 0 Å². The van der Waals surface area contributed by atoms with Crippen molar-refractivity contribution in [3.8, 4) is 17.0 Å². The van der Waals surface area contributed by atoms with Gasteiger partial charge in [-0.3, -0.25) is 5.10 Å². The molecule has 2 N–H and O–H groups in total. The molecule has 15 heavy (non-hydrogen) atoms. The molecular weight excluding hydrogens is 188 g/mol. The zero-order valence-electron chi connectivity index (χ0n) is 8.70. The number of aromatic hydroxyl groups is 1. The van der Waals surface area contributed by atoms with E-state index in [1.165, 1.54) is 0 Å². The Morgan fingerprint density at radius 2 is 2.13 bits per heavy atom. The van der Waals surface area contributed by atoms with Gasteiger partial charge in [0.1, 0.15) is 5.75 Å². The molecule has 1 aromatic carbocycles. The minimum absolute atomic E-state index is 0.270. The number of nitrogens with zero attached hydrogens (tertiary/aromatic N) is 1. The Labute approximate surface area is 88.8 Å². The topological polar surface area (TPSA) is 48.9 Å². The van der Waals surface area contributed by atoms with E-state index in [4.69, 9.17) is 0 Å². The fourth-order valence-corrected chi connectivity index (χ4v) is 1.59. The van der Waals surface area contributed by atoms with Gasteiger partial charge in [-0.25, -0.2) is 0 Å². The number of hydrogen-bond acceptors (Lipinski definition) is 2. The number of phenolic OH excluding ortho intramolecular Hbond substituents is 1. The van der Waals surface area contributed by atoms with Crippen LogP contribution in [0.1, 0.15) is 19.0 Å². The van der Waals surface area contributed by atoms with E-state index in [0.717, 1.165) is 29.8 Å². The predicted octanol–water partition coefficient (Wildman–Crippen LogP) is 2.73. The van der Waals surface area contributed by atoms with Crippen molar-refractivity contribution in [2.75, 3.05) is 0 Å². The minimum atomic E-state index is 0.270. The van der Waals surface area contributed by atoms with Crippen LogP contribution in [-0.2, 0) is 6.42 Å². The van der Waals surface area contributed by atoms with Crippen molar-refractivity contribution < 1.29 is 5.11 Å². The Hall–Kier alpha value is -1.77. The maximum Gasteiger partial charge on any atom is 0.125 e. The summed E-state index contributed by atoms with van der Waals surface area (Å²) in [4.78, 5) is 0. The van der Waals surface area contributed by atoms with Gasteiger partial charge in [-0.2, -0.15) is 5.10 Å². The number of nitrogens with one attached hydrogen (secondary N) is 1. The van der Waals surface area contributed by atoms with Crippen LogP contribution in [-0.4, -0.2) is 15.3 Å². The van der Waals surface area contributed by atoms with E-state index in [1.807, 2.05) is 18.2 Å². The Morgan fingerprint density at radius 1 is 1.33 bits per heavy atom. The predicted molar refractivity (Wildman–Crippen MR) is 59.7 cm³/mol. The first-order valence-corrected chi connectivity index (χ1v) is 5.14. The molecule has 0 aliphatic heterocycles. The molecule has 1 aromatic heterocycles. The summed E-state index contributed by atoms with van der Waals surface area (Å²) in [6.07, 6.45) is 2.07. The molecule has 2 rings (SSSR count). The summed E-state index contributed by atoms with van der Waals surface area (Å²) in [6.45, 7) is 2.13. The molecule has 0 aliphatic rings. The SMILES string of the molecule is CCCc1cc(-c2ccccc2O)n[nH]1. The lowest BCUT2D eigenvalue weighted by atomic mass is 10.1. The molecule has 0 amide bonds. The second kappa shape index (κ2) is 4.17. The normalized spacial score (nSPS) is 10.5. The zero-order chi connectivity index (χ0) is 10.7. The average Bonchev–Trinajstić information content (AvgIpc) is 2.68. The molecule has 78 valence electrons. The van der Waals surface area contributed by atoms with Gasteiger partial charge >= 0.3 is 0 Å². The Balaban J connectivity index is 2.33. The van der Waals surface area contributed by atoms with Crippen molar-refractivity contribution in [3.63, 3.8) is 0 Å². The van der Waals surface area contributed by atoms with Gasteiger partial charge in [0.05, 0.1) is 5.69 Å². The van der Waals surface area contributed by atoms with Crippen LogP contribution in [0.25, 0.3) is 11.3 Å². The second-order valence-electron chi connectivity index (χ2n) is 3.55. The highest BCUT2D eigenvalue weighted by atomic mass is 16.3. The van der Waals surface area contributed by atoms with Crippen LogP contribution < -0.4 is 0 Å². The van der Waals surface area contributed by atoms with Crippen molar-refractivity contribution in [2.45, 2.75) is 19.8 Å². The Bertz CT molecular complexity index is 448. The smallest absolute Gasteiger partial charge is 0.125 e. The molecule has 3 heteroatoms. The molecular formula is C12H14N2O.